The van der Waals surface area contributed by atoms with Gasteiger partial charge in [0.1, 0.15) is 5.69 Å². The molecule has 24 heavy (non-hydrogen) atoms. The van der Waals surface area contributed by atoms with Crippen LogP contribution in [0.5, 0.6) is 11.5 Å². The standard InChI is InChI=1S/C18H15N3O3/c1-11(12-6-7-16-17(8-12)24-10-23-16)20-18(22)15-9-19-13-4-2-3-5-14(13)21-15/h2-9,11H,10H2,1H3,(H,20,22)/t11-/m1/s1. The van der Waals surface area contributed by atoms with Crippen LogP contribution < -0.4 is 14.8 Å². The van der Waals surface area contributed by atoms with E-state index in [-0.39, 0.29) is 18.7 Å². The summed E-state index contributed by atoms with van der Waals surface area (Å²) in [6, 6.07) is 12.9. The second kappa shape index (κ2) is 5.81. The van der Waals surface area contributed by atoms with Crippen LogP contribution in [0.15, 0.2) is 48.7 Å². The molecule has 0 fully saturated rings. The van der Waals surface area contributed by atoms with E-state index in [9.17, 15) is 4.79 Å². The topological polar surface area (TPSA) is 73.3 Å². The molecule has 3 aromatic rings. The molecule has 0 aliphatic carbocycles. The Hall–Kier alpha value is -3.15. The Labute approximate surface area is 138 Å². The average Bonchev–Trinajstić information content (AvgIpc) is 3.08. The molecule has 1 aliphatic heterocycles. The number of aromatic nitrogens is 2. The fourth-order valence-electron chi connectivity index (χ4n) is 2.60. The zero-order chi connectivity index (χ0) is 16.5. The predicted molar refractivity (Wildman–Crippen MR) is 88.0 cm³/mol. The summed E-state index contributed by atoms with van der Waals surface area (Å²) in [6.45, 7) is 2.14. The number of amides is 1. The highest BCUT2D eigenvalue weighted by atomic mass is 16.7. The zero-order valence-electron chi connectivity index (χ0n) is 13.0. The number of hydrogen-bond donors (Lipinski definition) is 1. The monoisotopic (exact) mass is 321 g/mol. The van der Waals surface area contributed by atoms with E-state index >= 15 is 0 Å². The lowest BCUT2D eigenvalue weighted by atomic mass is 10.1. The lowest BCUT2D eigenvalue weighted by Crippen LogP contribution is -2.27. The van der Waals surface area contributed by atoms with Gasteiger partial charge in [-0.15, -0.1) is 0 Å². The highest BCUT2D eigenvalue weighted by Gasteiger charge is 2.18. The number of nitrogens with zero attached hydrogens (tertiary/aromatic N) is 2. The summed E-state index contributed by atoms with van der Waals surface area (Å²) >= 11 is 0. The Morgan fingerprint density at radius 2 is 1.92 bits per heavy atom. The quantitative estimate of drug-likeness (QED) is 0.803. The molecule has 1 N–H and O–H groups in total. The van der Waals surface area contributed by atoms with Crippen molar-refractivity contribution in [3.63, 3.8) is 0 Å². The Kier molecular flexibility index (Phi) is 3.49. The van der Waals surface area contributed by atoms with E-state index in [1.807, 2.05) is 49.4 Å². The normalized spacial score (nSPS) is 13.7. The molecule has 0 spiro atoms. The van der Waals surface area contributed by atoms with Crippen molar-refractivity contribution in [2.75, 3.05) is 6.79 Å². The van der Waals surface area contributed by atoms with Crippen molar-refractivity contribution in [2.45, 2.75) is 13.0 Å². The third kappa shape index (κ3) is 2.62. The van der Waals surface area contributed by atoms with Gasteiger partial charge in [0.05, 0.1) is 23.3 Å². The van der Waals surface area contributed by atoms with Crippen molar-refractivity contribution in [3.8, 4) is 11.5 Å². The van der Waals surface area contributed by atoms with E-state index < -0.39 is 0 Å². The molecular weight excluding hydrogens is 306 g/mol. The fraction of sp³-hybridized carbons (Fsp3) is 0.167. The Morgan fingerprint density at radius 1 is 1.12 bits per heavy atom. The number of rotatable bonds is 3. The maximum atomic E-state index is 12.4. The van der Waals surface area contributed by atoms with Gasteiger partial charge in [-0.05, 0) is 36.8 Å². The smallest absolute Gasteiger partial charge is 0.271 e. The van der Waals surface area contributed by atoms with Crippen molar-refractivity contribution in [3.05, 3.63) is 59.9 Å². The molecule has 2 aromatic carbocycles. The molecule has 0 bridgehead atoms. The minimum absolute atomic E-state index is 0.194. The summed E-state index contributed by atoms with van der Waals surface area (Å²) in [5, 5.41) is 2.93. The van der Waals surface area contributed by atoms with Gasteiger partial charge in [-0.1, -0.05) is 18.2 Å². The van der Waals surface area contributed by atoms with Gasteiger partial charge in [0.15, 0.2) is 11.5 Å². The van der Waals surface area contributed by atoms with Gasteiger partial charge in [-0.2, -0.15) is 0 Å². The van der Waals surface area contributed by atoms with Gasteiger partial charge in [-0.25, -0.2) is 4.98 Å². The number of carbonyl (C=O) groups excluding carboxylic acids is 1. The van der Waals surface area contributed by atoms with E-state index in [0.29, 0.717) is 17.0 Å². The first-order valence-corrected chi connectivity index (χ1v) is 7.63. The van der Waals surface area contributed by atoms with Crippen LogP contribution in [0.2, 0.25) is 0 Å². The van der Waals surface area contributed by atoms with Crippen molar-refractivity contribution in [2.24, 2.45) is 0 Å². The van der Waals surface area contributed by atoms with Crippen LogP contribution in [0.25, 0.3) is 11.0 Å². The van der Waals surface area contributed by atoms with E-state index in [4.69, 9.17) is 9.47 Å². The zero-order valence-corrected chi connectivity index (χ0v) is 13.0. The first kappa shape index (κ1) is 14.4. The van der Waals surface area contributed by atoms with Crippen molar-refractivity contribution in [1.29, 1.82) is 0 Å². The van der Waals surface area contributed by atoms with E-state index in [1.54, 1.807) is 0 Å². The van der Waals surface area contributed by atoms with Crippen LogP contribution in [0.1, 0.15) is 29.0 Å². The number of fused-ring (bicyclic) bond motifs is 2. The lowest BCUT2D eigenvalue weighted by Gasteiger charge is -2.14. The van der Waals surface area contributed by atoms with E-state index in [2.05, 4.69) is 15.3 Å². The van der Waals surface area contributed by atoms with Crippen molar-refractivity contribution in [1.82, 2.24) is 15.3 Å². The highest BCUT2D eigenvalue weighted by molar-refractivity contribution is 5.94. The van der Waals surface area contributed by atoms with Gasteiger partial charge in [0.25, 0.3) is 5.91 Å². The summed E-state index contributed by atoms with van der Waals surface area (Å²) in [5.41, 5.74) is 2.68. The number of benzene rings is 2. The molecule has 1 aliphatic rings. The third-order valence-corrected chi connectivity index (χ3v) is 3.93. The van der Waals surface area contributed by atoms with Gasteiger partial charge in [0.2, 0.25) is 6.79 Å². The maximum absolute atomic E-state index is 12.4. The first-order chi connectivity index (χ1) is 11.7. The van der Waals surface area contributed by atoms with Gasteiger partial charge in [-0.3, -0.25) is 9.78 Å². The van der Waals surface area contributed by atoms with Crippen LogP contribution in [-0.4, -0.2) is 22.7 Å². The Bertz CT molecular complexity index is 926. The molecule has 4 rings (SSSR count). The van der Waals surface area contributed by atoms with E-state index in [1.165, 1.54) is 6.20 Å². The van der Waals surface area contributed by atoms with Gasteiger partial charge >= 0.3 is 0 Å². The molecule has 0 unspecified atom stereocenters. The summed E-state index contributed by atoms with van der Waals surface area (Å²) in [5.74, 6) is 1.15. The van der Waals surface area contributed by atoms with E-state index in [0.717, 1.165) is 16.8 Å². The summed E-state index contributed by atoms with van der Waals surface area (Å²) in [7, 11) is 0. The molecular formula is C18H15N3O3. The Morgan fingerprint density at radius 3 is 2.79 bits per heavy atom. The summed E-state index contributed by atoms with van der Waals surface area (Å²) in [4.78, 5) is 21.1. The SMILES string of the molecule is C[C@@H](NC(=O)c1cnc2ccccc2n1)c1ccc2c(c1)OCO2. The summed E-state index contributed by atoms with van der Waals surface area (Å²) in [6.07, 6.45) is 1.49. The predicted octanol–water partition coefficient (Wildman–Crippen LogP) is 2.85. The molecule has 1 atom stereocenters. The molecule has 6 nitrogen and oxygen atoms in total. The Balaban J connectivity index is 1.54. The average molecular weight is 321 g/mol. The summed E-state index contributed by atoms with van der Waals surface area (Å²) < 4.78 is 10.7. The molecule has 2 heterocycles. The molecule has 120 valence electrons. The van der Waals surface area contributed by atoms with Crippen molar-refractivity contribution < 1.29 is 14.3 Å². The van der Waals surface area contributed by atoms with Crippen LogP contribution >= 0.6 is 0 Å². The number of para-hydroxylation sites is 2. The molecule has 0 saturated carbocycles. The number of nitrogens with one attached hydrogen (secondary N) is 1. The van der Waals surface area contributed by atoms with Crippen LogP contribution in [0.4, 0.5) is 0 Å². The minimum Gasteiger partial charge on any atom is -0.454 e. The van der Waals surface area contributed by atoms with Crippen LogP contribution in [0, 0.1) is 0 Å². The lowest BCUT2D eigenvalue weighted by molar-refractivity contribution is 0.0934. The van der Waals surface area contributed by atoms with Gasteiger partial charge in [0, 0.05) is 0 Å². The van der Waals surface area contributed by atoms with Crippen molar-refractivity contribution >= 4 is 16.9 Å². The maximum Gasteiger partial charge on any atom is 0.271 e. The second-order valence-electron chi connectivity index (χ2n) is 5.55. The fourth-order valence-corrected chi connectivity index (χ4v) is 2.60. The highest BCUT2D eigenvalue weighted by Crippen LogP contribution is 2.34. The first-order valence-electron chi connectivity index (χ1n) is 7.63. The molecule has 1 aromatic heterocycles. The van der Waals surface area contributed by atoms with Gasteiger partial charge < -0.3 is 14.8 Å². The number of carbonyl (C=O) groups is 1. The molecule has 0 radical (unpaired) electrons. The molecule has 0 saturated heterocycles. The second-order valence-corrected chi connectivity index (χ2v) is 5.55. The van der Waals surface area contributed by atoms with Crippen LogP contribution in [-0.2, 0) is 0 Å². The third-order valence-electron chi connectivity index (χ3n) is 3.93. The number of hydrogen-bond acceptors (Lipinski definition) is 5. The van der Waals surface area contributed by atoms with Crippen LogP contribution in [0.3, 0.4) is 0 Å². The minimum atomic E-state index is -0.265. The molecule has 6 heteroatoms. The molecule has 1 amide bonds. The number of ether oxygens (including phenoxy) is 2. The largest absolute Gasteiger partial charge is 0.454 e.